The normalized spacial score (nSPS) is 24.2. The maximum absolute atomic E-state index is 4.48. The standard InChI is InChI=1S/C13H28N2S/c1-4-6-12(11-16)9-15-8-5-7-13(15)10-14(2)3/h12-13,16H,4-11H2,1-3H3. The van der Waals surface area contributed by atoms with Crippen LogP contribution in [0.25, 0.3) is 0 Å². The summed E-state index contributed by atoms with van der Waals surface area (Å²) in [5, 5.41) is 0. The van der Waals surface area contributed by atoms with Crippen LogP contribution in [0.1, 0.15) is 32.6 Å². The second-order valence-electron chi connectivity index (χ2n) is 5.39. The van der Waals surface area contributed by atoms with Gasteiger partial charge in [-0.1, -0.05) is 13.3 Å². The zero-order valence-electron chi connectivity index (χ0n) is 11.2. The largest absolute Gasteiger partial charge is 0.308 e. The van der Waals surface area contributed by atoms with Crippen molar-refractivity contribution in [2.45, 2.75) is 38.6 Å². The highest BCUT2D eigenvalue weighted by atomic mass is 32.1. The van der Waals surface area contributed by atoms with Gasteiger partial charge in [0.25, 0.3) is 0 Å². The summed E-state index contributed by atoms with van der Waals surface area (Å²) < 4.78 is 0. The van der Waals surface area contributed by atoms with Gasteiger partial charge in [-0.25, -0.2) is 0 Å². The Kier molecular flexibility index (Phi) is 6.78. The molecule has 0 spiro atoms. The van der Waals surface area contributed by atoms with Gasteiger partial charge in [0.15, 0.2) is 0 Å². The molecule has 0 radical (unpaired) electrons. The maximum Gasteiger partial charge on any atom is 0.0223 e. The van der Waals surface area contributed by atoms with E-state index in [-0.39, 0.29) is 0 Å². The predicted molar refractivity (Wildman–Crippen MR) is 75.4 cm³/mol. The lowest BCUT2D eigenvalue weighted by molar-refractivity contribution is 0.183. The maximum atomic E-state index is 4.48. The van der Waals surface area contributed by atoms with Crippen LogP contribution in [0.2, 0.25) is 0 Å². The van der Waals surface area contributed by atoms with Crippen molar-refractivity contribution >= 4 is 12.6 Å². The number of thiol groups is 1. The molecule has 16 heavy (non-hydrogen) atoms. The molecule has 1 fully saturated rings. The lowest BCUT2D eigenvalue weighted by atomic mass is 10.0. The van der Waals surface area contributed by atoms with Crippen molar-refractivity contribution in [1.29, 1.82) is 0 Å². The zero-order valence-corrected chi connectivity index (χ0v) is 12.0. The molecule has 96 valence electrons. The average molecular weight is 244 g/mol. The molecule has 0 N–H and O–H groups in total. The highest BCUT2D eigenvalue weighted by Crippen LogP contribution is 2.21. The first-order chi connectivity index (χ1) is 7.67. The predicted octanol–water partition coefficient (Wildman–Crippen LogP) is 2.36. The summed E-state index contributed by atoms with van der Waals surface area (Å²) in [7, 11) is 4.36. The van der Waals surface area contributed by atoms with Crippen molar-refractivity contribution in [3.63, 3.8) is 0 Å². The van der Waals surface area contributed by atoms with E-state index < -0.39 is 0 Å². The van der Waals surface area contributed by atoms with Crippen LogP contribution in [0.3, 0.4) is 0 Å². The first kappa shape index (κ1) is 14.3. The Hall–Kier alpha value is 0.270. The number of nitrogens with zero attached hydrogens (tertiary/aromatic N) is 2. The second-order valence-corrected chi connectivity index (χ2v) is 5.76. The van der Waals surface area contributed by atoms with Crippen LogP contribution in [0, 0.1) is 5.92 Å². The van der Waals surface area contributed by atoms with E-state index in [1.807, 2.05) is 0 Å². The topological polar surface area (TPSA) is 6.48 Å². The summed E-state index contributed by atoms with van der Waals surface area (Å²) in [6.45, 7) is 6.05. The monoisotopic (exact) mass is 244 g/mol. The zero-order chi connectivity index (χ0) is 12.0. The van der Waals surface area contributed by atoms with Gasteiger partial charge in [0.2, 0.25) is 0 Å². The van der Waals surface area contributed by atoms with Crippen LogP contribution in [0.15, 0.2) is 0 Å². The van der Waals surface area contributed by atoms with Crippen molar-refractivity contribution in [3.8, 4) is 0 Å². The van der Waals surface area contributed by atoms with E-state index in [1.54, 1.807) is 0 Å². The molecule has 0 amide bonds. The Balaban J connectivity index is 2.38. The fourth-order valence-electron chi connectivity index (χ4n) is 2.74. The van der Waals surface area contributed by atoms with Gasteiger partial charge in [-0.3, -0.25) is 4.90 Å². The molecule has 0 aliphatic carbocycles. The van der Waals surface area contributed by atoms with Gasteiger partial charge in [0.05, 0.1) is 0 Å². The molecule has 1 rings (SSSR count). The molecule has 2 unspecified atom stereocenters. The summed E-state index contributed by atoms with van der Waals surface area (Å²) in [4.78, 5) is 5.01. The van der Waals surface area contributed by atoms with Crippen LogP contribution in [0.5, 0.6) is 0 Å². The summed E-state index contributed by atoms with van der Waals surface area (Å²) in [5.74, 6) is 1.83. The van der Waals surface area contributed by atoms with Crippen LogP contribution < -0.4 is 0 Å². The minimum Gasteiger partial charge on any atom is -0.308 e. The van der Waals surface area contributed by atoms with Crippen molar-refractivity contribution < 1.29 is 0 Å². The van der Waals surface area contributed by atoms with E-state index in [0.717, 1.165) is 17.7 Å². The van der Waals surface area contributed by atoms with E-state index in [2.05, 4.69) is 43.4 Å². The molecule has 1 aliphatic heterocycles. The molecular weight excluding hydrogens is 216 g/mol. The van der Waals surface area contributed by atoms with Gasteiger partial charge in [0.1, 0.15) is 0 Å². The van der Waals surface area contributed by atoms with Crippen molar-refractivity contribution in [2.75, 3.05) is 39.5 Å². The van der Waals surface area contributed by atoms with Gasteiger partial charge in [0, 0.05) is 19.1 Å². The van der Waals surface area contributed by atoms with Gasteiger partial charge in [-0.05, 0) is 51.6 Å². The molecule has 2 atom stereocenters. The van der Waals surface area contributed by atoms with E-state index in [0.29, 0.717) is 0 Å². The molecular formula is C13H28N2S. The fraction of sp³-hybridized carbons (Fsp3) is 1.00. The average Bonchev–Trinajstić information content (AvgIpc) is 2.64. The number of hydrogen-bond acceptors (Lipinski definition) is 3. The Bertz CT molecular complexity index is 185. The Morgan fingerprint density at radius 1 is 1.44 bits per heavy atom. The van der Waals surface area contributed by atoms with E-state index in [4.69, 9.17) is 0 Å². The third-order valence-corrected chi connectivity index (χ3v) is 4.04. The van der Waals surface area contributed by atoms with E-state index in [1.165, 1.54) is 45.3 Å². The molecule has 2 nitrogen and oxygen atoms in total. The Morgan fingerprint density at radius 2 is 2.19 bits per heavy atom. The van der Waals surface area contributed by atoms with Gasteiger partial charge in [-0.15, -0.1) is 0 Å². The highest BCUT2D eigenvalue weighted by Gasteiger charge is 2.26. The lowest BCUT2D eigenvalue weighted by Crippen LogP contribution is -2.40. The molecule has 0 aromatic carbocycles. The van der Waals surface area contributed by atoms with E-state index >= 15 is 0 Å². The molecule has 0 bridgehead atoms. The number of rotatable bonds is 7. The van der Waals surface area contributed by atoms with E-state index in [9.17, 15) is 0 Å². The summed E-state index contributed by atoms with van der Waals surface area (Å²) in [6, 6.07) is 0.786. The number of hydrogen-bond donors (Lipinski definition) is 1. The number of likely N-dealkylation sites (tertiary alicyclic amines) is 1. The minimum absolute atomic E-state index is 0.786. The molecule has 0 aromatic heterocycles. The fourth-order valence-corrected chi connectivity index (χ4v) is 3.04. The second kappa shape index (κ2) is 7.57. The van der Waals surface area contributed by atoms with Crippen molar-refractivity contribution in [3.05, 3.63) is 0 Å². The van der Waals surface area contributed by atoms with Crippen LogP contribution >= 0.6 is 12.6 Å². The summed E-state index contributed by atoms with van der Waals surface area (Å²) in [5.41, 5.74) is 0. The van der Waals surface area contributed by atoms with Gasteiger partial charge < -0.3 is 4.90 Å². The highest BCUT2D eigenvalue weighted by molar-refractivity contribution is 7.80. The van der Waals surface area contributed by atoms with Gasteiger partial charge >= 0.3 is 0 Å². The third-order valence-electron chi connectivity index (χ3n) is 3.52. The molecule has 1 saturated heterocycles. The van der Waals surface area contributed by atoms with Crippen LogP contribution in [-0.4, -0.2) is 55.3 Å². The molecule has 0 saturated carbocycles. The van der Waals surface area contributed by atoms with Crippen LogP contribution in [0.4, 0.5) is 0 Å². The lowest BCUT2D eigenvalue weighted by Gasteiger charge is -2.30. The van der Waals surface area contributed by atoms with Crippen molar-refractivity contribution in [1.82, 2.24) is 9.80 Å². The number of likely N-dealkylation sites (N-methyl/N-ethyl adjacent to an activating group) is 1. The molecule has 1 aliphatic rings. The summed E-state index contributed by atoms with van der Waals surface area (Å²) in [6.07, 6.45) is 5.37. The third kappa shape index (κ3) is 4.64. The Labute approximate surface area is 107 Å². The molecule has 3 heteroatoms. The Morgan fingerprint density at radius 3 is 2.75 bits per heavy atom. The van der Waals surface area contributed by atoms with Crippen molar-refractivity contribution in [2.24, 2.45) is 5.92 Å². The first-order valence-electron chi connectivity index (χ1n) is 6.67. The molecule has 0 aromatic rings. The molecule has 1 heterocycles. The van der Waals surface area contributed by atoms with Gasteiger partial charge in [-0.2, -0.15) is 12.6 Å². The van der Waals surface area contributed by atoms with Crippen LogP contribution in [-0.2, 0) is 0 Å². The SMILES string of the molecule is CCCC(CS)CN1CCCC1CN(C)C. The minimum atomic E-state index is 0.786. The smallest absolute Gasteiger partial charge is 0.0223 e. The first-order valence-corrected chi connectivity index (χ1v) is 7.30. The quantitative estimate of drug-likeness (QED) is 0.687. The summed E-state index contributed by atoms with van der Waals surface area (Å²) >= 11 is 4.48.